The van der Waals surface area contributed by atoms with Crippen molar-refractivity contribution in [3.05, 3.63) is 18.2 Å². The Balaban J connectivity index is 1.64. The topological polar surface area (TPSA) is 70.8 Å². The van der Waals surface area contributed by atoms with Gasteiger partial charge in [0.1, 0.15) is 6.61 Å². The Labute approximate surface area is 149 Å². The van der Waals surface area contributed by atoms with E-state index in [4.69, 9.17) is 4.74 Å². The average Bonchev–Trinajstić information content (AvgIpc) is 3.12. The maximum atomic E-state index is 12.4. The molecule has 0 saturated carbocycles. The molecule has 0 bridgehead atoms. The van der Waals surface area contributed by atoms with Gasteiger partial charge in [-0.25, -0.2) is 4.98 Å². The lowest BCUT2D eigenvalue weighted by Crippen LogP contribution is -2.49. The number of piperidine rings is 1. The van der Waals surface area contributed by atoms with Crippen molar-refractivity contribution in [3.8, 4) is 0 Å². The lowest BCUT2D eigenvalue weighted by Gasteiger charge is -2.39. The van der Waals surface area contributed by atoms with Crippen LogP contribution in [0.25, 0.3) is 0 Å². The van der Waals surface area contributed by atoms with Crippen LogP contribution < -0.4 is 0 Å². The van der Waals surface area contributed by atoms with Crippen molar-refractivity contribution in [1.29, 1.82) is 0 Å². The van der Waals surface area contributed by atoms with Gasteiger partial charge in [-0.05, 0) is 44.7 Å². The highest BCUT2D eigenvalue weighted by atomic mass is 16.5. The Hall–Kier alpha value is -1.44. The lowest BCUT2D eigenvalue weighted by molar-refractivity contribution is -0.140. The van der Waals surface area contributed by atoms with E-state index in [1.165, 1.54) is 12.8 Å². The van der Waals surface area contributed by atoms with Crippen LogP contribution in [0.15, 0.2) is 12.5 Å². The van der Waals surface area contributed by atoms with Gasteiger partial charge in [0.25, 0.3) is 0 Å². The molecule has 3 heterocycles. The standard InChI is InChI=1S/C18H30N4O3/c1-17(13-23)11-18(12-22(17)16(24)10-25-3)4-6-21(7-5-18)9-15-8-19-14-20(15)2/h8,14,23H,4-7,9-13H2,1-3H3. The van der Waals surface area contributed by atoms with E-state index in [1.807, 2.05) is 31.4 Å². The Morgan fingerprint density at radius 2 is 2.12 bits per heavy atom. The average molecular weight is 350 g/mol. The molecule has 1 amide bonds. The smallest absolute Gasteiger partial charge is 0.249 e. The summed E-state index contributed by atoms with van der Waals surface area (Å²) < 4.78 is 7.09. The Bertz CT molecular complexity index is 609. The summed E-state index contributed by atoms with van der Waals surface area (Å²) in [6, 6.07) is 0. The first-order chi connectivity index (χ1) is 11.9. The lowest BCUT2D eigenvalue weighted by atomic mass is 9.74. The number of carbonyl (C=O) groups is 1. The molecule has 7 nitrogen and oxygen atoms in total. The molecule has 3 rings (SSSR count). The number of methoxy groups -OCH3 is 1. The van der Waals surface area contributed by atoms with Crippen LogP contribution in [0.3, 0.4) is 0 Å². The van der Waals surface area contributed by atoms with Crippen molar-refractivity contribution in [3.63, 3.8) is 0 Å². The van der Waals surface area contributed by atoms with Crippen molar-refractivity contribution >= 4 is 5.91 Å². The zero-order valence-electron chi connectivity index (χ0n) is 15.6. The number of carbonyl (C=O) groups excluding carboxylic acids is 1. The minimum absolute atomic E-state index is 0.00291. The van der Waals surface area contributed by atoms with Crippen LogP contribution in [0, 0.1) is 5.41 Å². The molecule has 0 aliphatic carbocycles. The third-order valence-electron chi connectivity index (χ3n) is 6.03. The molecular formula is C18H30N4O3. The first-order valence-electron chi connectivity index (χ1n) is 8.99. The molecule has 0 aromatic carbocycles. The number of imidazole rings is 1. The van der Waals surface area contributed by atoms with Crippen LogP contribution in [0.5, 0.6) is 0 Å². The largest absolute Gasteiger partial charge is 0.394 e. The predicted molar refractivity (Wildman–Crippen MR) is 93.8 cm³/mol. The van der Waals surface area contributed by atoms with Gasteiger partial charge in [-0.15, -0.1) is 0 Å². The molecule has 2 aliphatic heterocycles. The van der Waals surface area contributed by atoms with Crippen molar-refractivity contribution in [2.45, 2.75) is 38.3 Å². The Morgan fingerprint density at radius 3 is 2.68 bits per heavy atom. The highest BCUT2D eigenvalue weighted by Crippen LogP contribution is 2.48. The van der Waals surface area contributed by atoms with Gasteiger partial charge in [-0.1, -0.05) is 0 Å². The van der Waals surface area contributed by atoms with Crippen molar-refractivity contribution in [2.75, 3.05) is 40.0 Å². The summed E-state index contributed by atoms with van der Waals surface area (Å²) in [5.74, 6) is -0.0201. The van der Waals surface area contributed by atoms with E-state index in [0.29, 0.717) is 0 Å². The van der Waals surface area contributed by atoms with Gasteiger partial charge >= 0.3 is 0 Å². The quantitative estimate of drug-likeness (QED) is 0.844. The Morgan fingerprint density at radius 1 is 1.40 bits per heavy atom. The van der Waals surface area contributed by atoms with Gasteiger partial charge < -0.3 is 19.3 Å². The monoisotopic (exact) mass is 350 g/mol. The van der Waals surface area contributed by atoms with Gasteiger partial charge in [0.2, 0.25) is 5.91 Å². The number of nitrogens with zero attached hydrogens (tertiary/aromatic N) is 4. The van der Waals surface area contributed by atoms with E-state index in [0.717, 1.165) is 45.4 Å². The van der Waals surface area contributed by atoms with E-state index in [2.05, 4.69) is 14.5 Å². The molecule has 1 aromatic rings. The Kier molecular flexibility index (Phi) is 5.18. The van der Waals surface area contributed by atoms with Crippen molar-refractivity contribution < 1.29 is 14.6 Å². The van der Waals surface area contributed by atoms with Gasteiger partial charge in [0.05, 0.1) is 24.2 Å². The van der Waals surface area contributed by atoms with Gasteiger partial charge in [0.15, 0.2) is 0 Å². The van der Waals surface area contributed by atoms with Crippen LogP contribution in [0.4, 0.5) is 0 Å². The molecule has 1 N–H and O–H groups in total. The molecule has 140 valence electrons. The summed E-state index contributed by atoms with van der Waals surface area (Å²) in [6.45, 7) is 5.75. The molecule has 1 spiro atoms. The fourth-order valence-electron chi connectivity index (χ4n) is 4.50. The minimum atomic E-state index is -0.472. The fourth-order valence-corrected chi connectivity index (χ4v) is 4.50. The first kappa shape index (κ1) is 18.4. The number of aromatic nitrogens is 2. The van der Waals surface area contributed by atoms with E-state index in [9.17, 15) is 9.90 Å². The minimum Gasteiger partial charge on any atom is -0.394 e. The van der Waals surface area contributed by atoms with Crippen LogP contribution in [-0.4, -0.2) is 75.9 Å². The summed E-state index contributed by atoms with van der Waals surface area (Å²) in [5, 5.41) is 9.93. The van der Waals surface area contributed by atoms with Crippen LogP contribution >= 0.6 is 0 Å². The van der Waals surface area contributed by atoms with E-state index in [-0.39, 0.29) is 24.5 Å². The third kappa shape index (κ3) is 3.59. The molecule has 1 aromatic heterocycles. The summed E-state index contributed by atoms with van der Waals surface area (Å²) in [7, 11) is 3.56. The van der Waals surface area contributed by atoms with Crippen LogP contribution in [0.1, 0.15) is 31.9 Å². The van der Waals surface area contributed by atoms with E-state index in [1.54, 1.807) is 0 Å². The number of aliphatic hydroxyl groups excluding tert-OH is 1. The van der Waals surface area contributed by atoms with Crippen molar-refractivity contribution in [1.82, 2.24) is 19.4 Å². The molecule has 1 atom stereocenters. The van der Waals surface area contributed by atoms with Crippen LogP contribution in [0.2, 0.25) is 0 Å². The molecular weight excluding hydrogens is 320 g/mol. The fraction of sp³-hybridized carbons (Fsp3) is 0.778. The number of aryl methyl sites for hydroxylation is 1. The summed E-state index contributed by atoms with van der Waals surface area (Å²) in [6.07, 6.45) is 6.73. The van der Waals surface area contributed by atoms with Gasteiger partial charge in [0, 0.05) is 33.4 Å². The van der Waals surface area contributed by atoms with E-state index >= 15 is 0 Å². The SMILES string of the molecule is COCC(=O)N1CC2(CCN(Cc3cncn3C)CC2)CC1(C)CO. The molecule has 2 saturated heterocycles. The second-order valence-electron chi connectivity index (χ2n) is 8.02. The first-order valence-corrected chi connectivity index (χ1v) is 8.99. The van der Waals surface area contributed by atoms with Gasteiger partial charge in [-0.2, -0.15) is 0 Å². The maximum absolute atomic E-state index is 12.4. The molecule has 0 radical (unpaired) electrons. The number of hydrogen-bond donors (Lipinski definition) is 1. The second-order valence-corrected chi connectivity index (χ2v) is 8.02. The summed E-state index contributed by atoms with van der Waals surface area (Å²) >= 11 is 0. The second kappa shape index (κ2) is 7.05. The van der Waals surface area contributed by atoms with E-state index < -0.39 is 5.54 Å². The highest BCUT2D eigenvalue weighted by Gasteiger charge is 2.52. The number of hydrogen-bond acceptors (Lipinski definition) is 5. The zero-order valence-corrected chi connectivity index (χ0v) is 15.6. The number of amides is 1. The molecule has 25 heavy (non-hydrogen) atoms. The van der Waals surface area contributed by atoms with Gasteiger partial charge in [-0.3, -0.25) is 9.69 Å². The zero-order chi connectivity index (χ0) is 18.1. The molecule has 2 aliphatic rings. The third-order valence-corrected chi connectivity index (χ3v) is 6.03. The highest BCUT2D eigenvalue weighted by molar-refractivity contribution is 5.78. The number of rotatable bonds is 5. The molecule has 7 heteroatoms. The number of ether oxygens (including phenoxy) is 1. The maximum Gasteiger partial charge on any atom is 0.249 e. The summed E-state index contributed by atoms with van der Waals surface area (Å²) in [4.78, 5) is 20.9. The number of aliphatic hydroxyl groups is 1. The molecule has 2 fully saturated rings. The normalized spacial score (nSPS) is 26.5. The van der Waals surface area contributed by atoms with Crippen LogP contribution in [-0.2, 0) is 23.1 Å². The molecule has 1 unspecified atom stereocenters. The number of likely N-dealkylation sites (tertiary alicyclic amines) is 2. The van der Waals surface area contributed by atoms with Crippen molar-refractivity contribution in [2.24, 2.45) is 12.5 Å². The predicted octanol–water partition coefficient (Wildman–Crippen LogP) is 0.632. The summed E-state index contributed by atoms with van der Waals surface area (Å²) in [5.41, 5.74) is 0.864.